The molecule has 0 fully saturated rings. The second-order valence-electron chi connectivity index (χ2n) is 2.97. The number of aromatic amines is 1. The quantitative estimate of drug-likeness (QED) is 0.665. The number of hydrogen-bond acceptors (Lipinski definition) is 3. The first-order valence-electron chi connectivity index (χ1n) is 4.09. The van der Waals surface area contributed by atoms with E-state index in [9.17, 15) is 4.79 Å². The smallest absolute Gasteiger partial charge is 0.236 e. The predicted octanol–water partition coefficient (Wildman–Crippen LogP) is -0.413. The van der Waals surface area contributed by atoms with Crippen LogP contribution in [0.5, 0.6) is 0 Å². The van der Waals surface area contributed by atoms with Crippen molar-refractivity contribution in [2.24, 2.45) is 0 Å². The molecule has 5 nitrogen and oxygen atoms in total. The summed E-state index contributed by atoms with van der Waals surface area (Å²) in [7, 11) is 3.47. The molecule has 0 aliphatic rings. The summed E-state index contributed by atoms with van der Waals surface area (Å²) in [6, 6.07) is 1.87. The number of likely N-dealkylation sites (N-methyl/N-ethyl adjacent to an activating group) is 1. The van der Waals surface area contributed by atoms with Crippen LogP contribution >= 0.6 is 0 Å². The minimum atomic E-state index is 0.0690. The van der Waals surface area contributed by atoms with Gasteiger partial charge in [-0.1, -0.05) is 0 Å². The third-order valence-corrected chi connectivity index (χ3v) is 1.65. The molecule has 13 heavy (non-hydrogen) atoms. The Kier molecular flexibility index (Phi) is 3.45. The molecule has 0 atom stereocenters. The van der Waals surface area contributed by atoms with Crippen molar-refractivity contribution >= 4 is 5.91 Å². The van der Waals surface area contributed by atoms with Crippen molar-refractivity contribution in [2.45, 2.75) is 6.54 Å². The highest BCUT2D eigenvalue weighted by Gasteiger charge is 2.02. The van der Waals surface area contributed by atoms with Crippen LogP contribution in [0.15, 0.2) is 12.3 Å². The second-order valence-corrected chi connectivity index (χ2v) is 2.97. The molecule has 1 amide bonds. The first-order valence-corrected chi connectivity index (χ1v) is 4.09. The zero-order valence-corrected chi connectivity index (χ0v) is 7.87. The van der Waals surface area contributed by atoms with Crippen molar-refractivity contribution in [3.05, 3.63) is 18.0 Å². The van der Waals surface area contributed by atoms with Crippen molar-refractivity contribution in [3.63, 3.8) is 0 Å². The summed E-state index contributed by atoms with van der Waals surface area (Å²) < 4.78 is 0. The number of aromatic nitrogens is 2. The lowest BCUT2D eigenvalue weighted by molar-refractivity contribution is -0.127. The van der Waals surface area contributed by atoms with Crippen molar-refractivity contribution in [3.8, 4) is 0 Å². The molecule has 0 aromatic carbocycles. The maximum absolute atomic E-state index is 11.1. The molecule has 2 N–H and O–H groups in total. The van der Waals surface area contributed by atoms with E-state index in [0.29, 0.717) is 13.1 Å². The van der Waals surface area contributed by atoms with Gasteiger partial charge >= 0.3 is 0 Å². The second kappa shape index (κ2) is 4.61. The molecule has 1 aromatic heterocycles. The third-order valence-electron chi connectivity index (χ3n) is 1.65. The van der Waals surface area contributed by atoms with E-state index in [0.717, 1.165) is 5.69 Å². The molecular formula is C8H14N4O. The van der Waals surface area contributed by atoms with Crippen molar-refractivity contribution < 1.29 is 4.79 Å². The fraction of sp³-hybridized carbons (Fsp3) is 0.500. The summed E-state index contributed by atoms with van der Waals surface area (Å²) in [5, 5.41) is 9.60. The SMILES string of the molecule is CN(C)C(=O)CNCc1ccn[nH]1. The Morgan fingerprint density at radius 2 is 2.46 bits per heavy atom. The zero-order valence-electron chi connectivity index (χ0n) is 7.87. The van der Waals surface area contributed by atoms with E-state index in [1.54, 1.807) is 25.2 Å². The largest absolute Gasteiger partial charge is 0.348 e. The summed E-state index contributed by atoms with van der Waals surface area (Å²) in [6.07, 6.45) is 1.69. The maximum atomic E-state index is 11.1. The lowest BCUT2D eigenvalue weighted by atomic mass is 10.4. The van der Waals surface area contributed by atoms with Crippen molar-refractivity contribution in [1.29, 1.82) is 0 Å². The van der Waals surface area contributed by atoms with Gasteiger partial charge in [0, 0.05) is 32.5 Å². The molecule has 1 heterocycles. The first-order chi connectivity index (χ1) is 6.20. The number of carbonyl (C=O) groups is 1. The Balaban J connectivity index is 2.18. The van der Waals surface area contributed by atoms with E-state index in [4.69, 9.17) is 0 Å². The summed E-state index contributed by atoms with van der Waals surface area (Å²) in [5.74, 6) is 0.0690. The van der Waals surface area contributed by atoms with Crippen molar-refractivity contribution in [2.75, 3.05) is 20.6 Å². The van der Waals surface area contributed by atoms with Crippen LogP contribution in [-0.4, -0.2) is 41.6 Å². The van der Waals surface area contributed by atoms with E-state index in [-0.39, 0.29) is 5.91 Å². The molecule has 72 valence electrons. The molecule has 0 saturated heterocycles. The predicted molar refractivity (Wildman–Crippen MR) is 49.0 cm³/mol. The molecule has 0 aliphatic heterocycles. The fourth-order valence-corrected chi connectivity index (χ4v) is 0.845. The number of nitrogens with zero attached hydrogens (tertiary/aromatic N) is 2. The van der Waals surface area contributed by atoms with E-state index in [1.807, 2.05) is 6.07 Å². The van der Waals surface area contributed by atoms with Gasteiger partial charge in [0.05, 0.1) is 6.54 Å². The monoisotopic (exact) mass is 182 g/mol. The molecule has 1 aromatic rings. The molecule has 0 spiro atoms. The fourth-order valence-electron chi connectivity index (χ4n) is 0.845. The van der Waals surface area contributed by atoms with Crippen LogP contribution < -0.4 is 5.32 Å². The third kappa shape index (κ3) is 3.25. The van der Waals surface area contributed by atoms with Crippen LogP contribution in [0.2, 0.25) is 0 Å². The Hall–Kier alpha value is -1.36. The van der Waals surface area contributed by atoms with Crippen LogP contribution in [0, 0.1) is 0 Å². The van der Waals surface area contributed by atoms with Crippen LogP contribution in [0.25, 0.3) is 0 Å². The van der Waals surface area contributed by atoms with Gasteiger partial charge in [-0.25, -0.2) is 0 Å². The molecule has 0 aliphatic carbocycles. The van der Waals surface area contributed by atoms with Gasteiger partial charge in [0.25, 0.3) is 0 Å². The van der Waals surface area contributed by atoms with E-state index >= 15 is 0 Å². The summed E-state index contributed by atoms with van der Waals surface area (Å²) in [5.41, 5.74) is 0.978. The summed E-state index contributed by atoms with van der Waals surface area (Å²) >= 11 is 0. The first kappa shape index (κ1) is 9.73. The van der Waals surface area contributed by atoms with Gasteiger partial charge in [-0.2, -0.15) is 5.10 Å². The van der Waals surface area contributed by atoms with E-state index < -0.39 is 0 Å². The lowest BCUT2D eigenvalue weighted by Gasteiger charge is -2.09. The molecule has 1 rings (SSSR count). The molecule has 0 saturated carbocycles. The van der Waals surface area contributed by atoms with Gasteiger partial charge in [-0.3, -0.25) is 9.89 Å². The van der Waals surface area contributed by atoms with E-state index in [1.165, 1.54) is 0 Å². The standard InChI is InChI=1S/C8H14N4O/c1-12(2)8(13)6-9-5-7-3-4-10-11-7/h3-4,9H,5-6H2,1-2H3,(H,10,11). The molecule has 5 heteroatoms. The van der Waals surface area contributed by atoms with Crippen LogP contribution in [-0.2, 0) is 11.3 Å². The van der Waals surface area contributed by atoms with Gasteiger partial charge in [0.15, 0.2) is 0 Å². The van der Waals surface area contributed by atoms with Gasteiger partial charge in [-0.15, -0.1) is 0 Å². The number of H-pyrrole nitrogens is 1. The average Bonchev–Trinajstić information content (AvgIpc) is 2.56. The van der Waals surface area contributed by atoms with Gasteiger partial charge in [0.1, 0.15) is 0 Å². The highest BCUT2D eigenvalue weighted by Crippen LogP contribution is 1.89. The Morgan fingerprint density at radius 3 is 3.00 bits per heavy atom. The molecule has 0 radical (unpaired) electrons. The number of amides is 1. The topological polar surface area (TPSA) is 61.0 Å². The molecular weight excluding hydrogens is 168 g/mol. The normalized spacial score (nSPS) is 10.0. The summed E-state index contributed by atoms with van der Waals surface area (Å²) in [6.45, 7) is 0.992. The van der Waals surface area contributed by atoms with E-state index in [2.05, 4.69) is 15.5 Å². The zero-order chi connectivity index (χ0) is 9.68. The highest BCUT2D eigenvalue weighted by molar-refractivity contribution is 5.77. The molecule has 0 bridgehead atoms. The minimum absolute atomic E-state index is 0.0690. The highest BCUT2D eigenvalue weighted by atomic mass is 16.2. The number of hydrogen-bond donors (Lipinski definition) is 2. The van der Waals surface area contributed by atoms with Crippen molar-refractivity contribution in [1.82, 2.24) is 20.4 Å². The van der Waals surface area contributed by atoms with Gasteiger partial charge in [-0.05, 0) is 6.07 Å². The molecule has 0 unspecified atom stereocenters. The van der Waals surface area contributed by atoms with Gasteiger partial charge < -0.3 is 10.2 Å². The Bertz CT molecular complexity index is 255. The van der Waals surface area contributed by atoms with Gasteiger partial charge in [0.2, 0.25) is 5.91 Å². The summed E-state index contributed by atoms with van der Waals surface area (Å²) in [4.78, 5) is 12.7. The van der Waals surface area contributed by atoms with Crippen LogP contribution in [0.3, 0.4) is 0 Å². The number of nitrogens with one attached hydrogen (secondary N) is 2. The number of carbonyl (C=O) groups excluding carboxylic acids is 1. The van der Waals surface area contributed by atoms with Crippen LogP contribution in [0.4, 0.5) is 0 Å². The lowest BCUT2D eigenvalue weighted by Crippen LogP contribution is -2.32. The van der Waals surface area contributed by atoms with Crippen LogP contribution in [0.1, 0.15) is 5.69 Å². The minimum Gasteiger partial charge on any atom is -0.348 e. The Labute approximate surface area is 77.1 Å². The number of rotatable bonds is 4. The Morgan fingerprint density at radius 1 is 1.69 bits per heavy atom. The average molecular weight is 182 g/mol. The maximum Gasteiger partial charge on any atom is 0.236 e.